The van der Waals surface area contributed by atoms with Crippen molar-refractivity contribution in [3.8, 4) is 0 Å². The van der Waals surface area contributed by atoms with Crippen LogP contribution in [0, 0.1) is 0 Å². The van der Waals surface area contributed by atoms with Gasteiger partial charge in [0.2, 0.25) is 0 Å². The maximum absolute atomic E-state index is 13.2. The fourth-order valence-corrected chi connectivity index (χ4v) is 2.58. The normalized spacial score (nSPS) is 14.9. The van der Waals surface area contributed by atoms with Gasteiger partial charge < -0.3 is 5.11 Å². The van der Waals surface area contributed by atoms with Crippen LogP contribution in [0.25, 0.3) is 6.08 Å². The van der Waals surface area contributed by atoms with Gasteiger partial charge in [0.25, 0.3) is 0 Å². The van der Waals surface area contributed by atoms with E-state index in [0.717, 1.165) is 23.8 Å². The summed E-state index contributed by atoms with van der Waals surface area (Å²) in [5, 5.41) is 13.6. The summed E-state index contributed by atoms with van der Waals surface area (Å²) in [7, 11) is 0. The first-order chi connectivity index (χ1) is 10.3. The Hall–Kier alpha value is -1.92. The highest BCUT2D eigenvalue weighted by Gasteiger charge is 2.55. The zero-order valence-corrected chi connectivity index (χ0v) is 12.2. The third kappa shape index (κ3) is 3.64. The molecule has 0 saturated carbocycles. The molecule has 2 aromatic rings. The van der Waals surface area contributed by atoms with E-state index in [-0.39, 0.29) is 5.56 Å². The molecule has 116 valence electrons. The molecule has 0 bridgehead atoms. The highest BCUT2D eigenvalue weighted by Crippen LogP contribution is 2.41. The van der Waals surface area contributed by atoms with Crippen LogP contribution < -0.4 is 0 Å². The van der Waals surface area contributed by atoms with Gasteiger partial charge in [-0.3, -0.25) is 4.79 Å². The first kappa shape index (κ1) is 16.5. The number of hydrogen-bond donors (Lipinski definition) is 1. The van der Waals surface area contributed by atoms with E-state index >= 15 is 0 Å². The molecule has 0 fully saturated rings. The molecule has 1 N–H and O–H groups in total. The van der Waals surface area contributed by atoms with E-state index in [0.29, 0.717) is 0 Å². The molecule has 0 aliphatic heterocycles. The Morgan fingerprint density at radius 1 is 1.18 bits per heavy atom. The molecule has 22 heavy (non-hydrogen) atoms. The quantitative estimate of drug-likeness (QED) is 0.837. The van der Waals surface area contributed by atoms with E-state index in [4.69, 9.17) is 0 Å². The molecule has 6 heteroatoms. The lowest BCUT2D eigenvalue weighted by Crippen LogP contribution is -2.43. The number of hydrogen-bond acceptors (Lipinski definition) is 3. The van der Waals surface area contributed by atoms with Gasteiger partial charge in [0.1, 0.15) is 0 Å². The number of halogens is 3. The summed E-state index contributed by atoms with van der Waals surface area (Å²) in [6.45, 7) is 0. The predicted molar refractivity (Wildman–Crippen MR) is 79.4 cm³/mol. The number of carbonyl (C=O) groups is 1. The molecule has 0 aliphatic carbocycles. The van der Waals surface area contributed by atoms with Crippen LogP contribution in [0.4, 0.5) is 13.2 Å². The fourth-order valence-electron chi connectivity index (χ4n) is 1.95. The number of carbonyl (C=O) groups excluding carboxylic acids is 1. The van der Waals surface area contributed by atoms with Crippen molar-refractivity contribution in [2.75, 3.05) is 0 Å². The van der Waals surface area contributed by atoms with Crippen LogP contribution in [0.2, 0.25) is 0 Å². The van der Waals surface area contributed by atoms with Crippen LogP contribution in [0.1, 0.15) is 17.5 Å². The summed E-state index contributed by atoms with van der Waals surface area (Å²) in [6, 6.07) is 8.36. The van der Waals surface area contributed by atoms with Crippen molar-refractivity contribution in [1.82, 2.24) is 0 Å². The Bertz CT molecular complexity index is 648. The Kier molecular flexibility index (Phi) is 4.83. The SMILES string of the molecule is O=C(C=Cc1ccsc1)CC(O)(c1ccccc1)C(F)(F)F. The molecular formula is C16H13F3O2S. The second-order valence-electron chi connectivity index (χ2n) is 4.76. The van der Waals surface area contributed by atoms with Crippen LogP contribution in [-0.2, 0) is 10.4 Å². The van der Waals surface area contributed by atoms with Crippen molar-refractivity contribution >= 4 is 23.2 Å². The molecule has 0 aliphatic rings. The van der Waals surface area contributed by atoms with Crippen LogP contribution in [0.3, 0.4) is 0 Å². The number of allylic oxidation sites excluding steroid dienone is 1. The van der Waals surface area contributed by atoms with E-state index in [1.54, 1.807) is 22.9 Å². The molecule has 0 radical (unpaired) electrons. The first-order valence-corrected chi connectivity index (χ1v) is 7.35. The van der Waals surface area contributed by atoms with Crippen molar-refractivity contribution in [2.24, 2.45) is 0 Å². The highest BCUT2D eigenvalue weighted by molar-refractivity contribution is 7.08. The predicted octanol–water partition coefficient (Wildman–Crippen LogP) is 4.17. The van der Waals surface area contributed by atoms with Gasteiger partial charge in [0.15, 0.2) is 11.4 Å². The Morgan fingerprint density at radius 3 is 2.41 bits per heavy atom. The maximum atomic E-state index is 13.2. The highest BCUT2D eigenvalue weighted by atomic mass is 32.1. The summed E-state index contributed by atoms with van der Waals surface area (Å²) in [5.74, 6) is -0.796. The van der Waals surface area contributed by atoms with Gasteiger partial charge in [0, 0.05) is 0 Å². The number of rotatable bonds is 5. The summed E-state index contributed by atoms with van der Waals surface area (Å²) >= 11 is 1.41. The molecule has 0 spiro atoms. The third-order valence-electron chi connectivity index (χ3n) is 3.16. The lowest BCUT2D eigenvalue weighted by Gasteiger charge is -2.30. The zero-order valence-electron chi connectivity index (χ0n) is 11.4. The van der Waals surface area contributed by atoms with Gasteiger partial charge in [-0.15, -0.1) is 0 Å². The minimum Gasteiger partial charge on any atom is -0.376 e. The van der Waals surface area contributed by atoms with E-state index in [9.17, 15) is 23.1 Å². The van der Waals surface area contributed by atoms with Crippen molar-refractivity contribution in [3.63, 3.8) is 0 Å². The molecule has 1 heterocycles. The Balaban J connectivity index is 2.23. The number of aliphatic hydroxyl groups is 1. The van der Waals surface area contributed by atoms with Crippen LogP contribution in [0.5, 0.6) is 0 Å². The standard InChI is InChI=1S/C16H13F3O2S/c17-16(18,19)15(21,13-4-2-1-3-5-13)10-14(20)7-6-12-8-9-22-11-12/h1-9,11,21H,10H2. The summed E-state index contributed by atoms with van der Waals surface area (Å²) in [6.07, 6.45) is -3.51. The zero-order chi connectivity index (χ0) is 16.2. The van der Waals surface area contributed by atoms with Crippen LogP contribution >= 0.6 is 11.3 Å². The van der Waals surface area contributed by atoms with Gasteiger partial charge in [0.05, 0.1) is 6.42 Å². The summed E-state index contributed by atoms with van der Waals surface area (Å²) in [5.41, 5.74) is -2.81. The minimum atomic E-state index is -4.94. The van der Waals surface area contributed by atoms with Crippen molar-refractivity contribution in [2.45, 2.75) is 18.2 Å². The Labute approximate surface area is 129 Å². The van der Waals surface area contributed by atoms with E-state index in [1.165, 1.54) is 29.5 Å². The molecule has 2 nitrogen and oxygen atoms in total. The monoisotopic (exact) mass is 326 g/mol. The fraction of sp³-hybridized carbons (Fsp3) is 0.188. The third-order valence-corrected chi connectivity index (χ3v) is 3.86. The molecule has 0 amide bonds. The molecule has 1 aromatic heterocycles. The smallest absolute Gasteiger partial charge is 0.376 e. The lowest BCUT2D eigenvalue weighted by atomic mass is 9.88. The van der Waals surface area contributed by atoms with Gasteiger partial charge >= 0.3 is 6.18 Å². The van der Waals surface area contributed by atoms with Gasteiger partial charge in [-0.2, -0.15) is 24.5 Å². The molecule has 2 rings (SSSR count). The Morgan fingerprint density at radius 2 is 1.86 bits per heavy atom. The topological polar surface area (TPSA) is 37.3 Å². The maximum Gasteiger partial charge on any atom is 0.421 e. The van der Waals surface area contributed by atoms with E-state index in [2.05, 4.69) is 0 Å². The van der Waals surface area contributed by atoms with Crippen molar-refractivity contribution in [3.05, 3.63) is 64.4 Å². The van der Waals surface area contributed by atoms with E-state index < -0.39 is 24.0 Å². The molecule has 0 saturated heterocycles. The average molecular weight is 326 g/mol. The number of ketones is 1. The first-order valence-electron chi connectivity index (χ1n) is 6.41. The van der Waals surface area contributed by atoms with Crippen molar-refractivity contribution < 1.29 is 23.1 Å². The van der Waals surface area contributed by atoms with E-state index in [1.807, 2.05) is 0 Å². The van der Waals surface area contributed by atoms with Crippen molar-refractivity contribution in [1.29, 1.82) is 0 Å². The molecule has 1 unspecified atom stereocenters. The number of thiophene rings is 1. The average Bonchev–Trinajstić information content (AvgIpc) is 2.98. The van der Waals surface area contributed by atoms with Gasteiger partial charge in [-0.1, -0.05) is 36.4 Å². The van der Waals surface area contributed by atoms with Gasteiger partial charge in [-0.05, 0) is 34.0 Å². The number of benzene rings is 1. The second-order valence-corrected chi connectivity index (χ2v) is 5.54. The number of alkyl halides is 3. The largest absolute Gasteiger partial charge is 0.421 e. The lowest BCUT2D eigenvalue weighted by molar-refractivity contribution is -0.266. The molecular weight excluding hydrogens is 313 g/mol. The minimum absolute atomic E-state index is 0.347. The molecule has 1 atom stereocenters. The van der Waals surface area contributed by atoms with Gasteiger partial charge in [-0.25, -0.2) is 0 Å². The summed E-state index contributed by atoms with van der Waals surface area (Å²) in [4.78, 5) is 11.8. The molecule has 1 aromatic carbocycles. The van der Waals surface area contributed by atoms with Crippen LogP contribution in [-0.4, -0.2) is 17.1 Å². The van der Waals surface area contributed by atoms with Crippen LogP contribution in [0.15, 0.2) is 53.2 Å². The second kappa shape index (κ2) is 6.46. The summed E-state index contributed by atoms with van der Waals surface area (Å²) < 4.78 is 39.7.